The van der Waals surface area contributed by atoms with Gasteiger partial charge >= 0.3 is 0 Å². The molecule has 1 rings (SSSR count). The predicted molar refractivity (Wildman–Crippen MR) is 61.5 cm³/mol. The second-order valence-corrected chi connectivity index (χ2v) is 2.84. The average Bonchev–Trinajstić information content (AvgIpc) is 2.23. The van der Waals surface area contributed by atoms with E-state index < -0.39 is 0 Å². The molecule has 0 fully saturated rings. The first-order chi connectivity index (χ1) is 6.77. The van der Waals surface area contributed by atoms with E-state index in [9.17, 15) is 5.11 Å². The van der Waals surface area contributed by atoms with Gasteiger partial charge in [-0.25, -0.2) is 0 Å². The van der Waals surface area contributed by atoms with Gasteiger partial charge in [-0.2, -0.15) is 0 Å². The lowest BCUT2D eigenvalue weighted by atomic mass is 10.0. The molecule has 0 aliphatic carbocycles. The van der Waals surface area contributed by atoms with Crippen molar-refractivity contribution in [1.82, 2.24) is 5.32 Å². The molecule has 0 heterocycles. The molecular weight excluding hydrogens is 174 g/mol. The van der Waals surface area contributed by atoms with E-state index in [1.54, 1.807) is 12.1 Å². The lowest BCUT2D eigenvalue weighted by Gasteiger charge is -2.13. The number of nitrogens with one attached hydrogen (secondary N) is 1. The molecule has 2 N–H and O–H groups in total. The second kappa shape index (κ2) is 7.39. The van der Waals surface area contributed by atoms with Gasteiger partial charge < -0.3 is 10.4 Å². The van der Waals surface area contributed by atoms with Crippen LogP contribution in [0, 0.1) is 0 Å². The Morgan fingerprint density at radius 1 is 1.36 bits per heavy atom. The standard InChI is InChI=1S/C10H15NO.C2H6/c1-3-10(11-2)8-5-4-6-9(12)7-8;1-2/h4-7,10-12H,3H2,1-2H3;1-2H3. The van der Waals surface area contributed by atoms with Crippen molar-refractivity contribution in [3.05, 3.63) is 29.8 Å². The molecule has 0 spiro atoms. The number of aromatic hydroxyl groups is 1. The van der Waals surface area contributed by atoms with Crippen LogP contribution in [-0.2, 0) is 0 Å². The predicted octanol–water partition coefficient (Wildman–Crippen LogP) is 3.09. The summed E-state index contributed by atoms with van der Waals surface area (Å²) in [5.74, 6) is 0.334. The monoisotopic (exact) mass is 195 g/mol. The summed E-state index contributed by atoms with van der Waals surface area (Å²) in [6.07, 6.45) is 1.03. The summed E-state index contributed by atoms with van der Waals surface area (Å²) < 4.78 is 0. The van der Waals surface area contributed by atoms with Crippen molar-refractivity contribution in [1.29, 1.82) is 0 Å². The summed E-state index contributed by atoms with van der Waals surface area (Å²) in [6.45, 7) is 6.12. The average molecular weight is 195 g/mol. The van der Waals surface area contributed by atoms with Crippen molar-refractivity contribution < 1.29 is 5.11 Å². The zero-order valence-corrected chi connectivity index (χ0v) is 9.54. The fourth-order valence-corrected chi connectivity index (χ4v) is 1.35. The fraction of sp³-hybridized carbons (Fsp3) is 0.500. The summed E-state index contributed by atoms with van der Waals surface area (Å²) in [6, 6.07) is 7.71. The molecule has 1 unspecified atom stereocenters. The molecule has 0 radical (unpaired) electrons. The first-order valence-corrected chi connectivity index (χ1v) is 5.24. The highest BCUT2D eigenvalue weighted by molar-refractivity contribution is 5.29. The van der Waals surface area contributed by atoms with Crippen LogP contribution in [0.15, 0.2) is 24.3 Å². The molecule has 0 bridgehead atoms. The van der Waals surface area contributed by atoms with Gasteiger partial charge in [0, 0.05) is 6.04 Å². The number of phenolic OH excluding ortho intramolecular Hbond substituents is 1. The molecule has 0 saturated heterocycles. The molecule has 80 valence electrons. The molecule has 0 aliphatic rings. The van der Waals surface area contributed by atoms with Crippen molar-refractivity contribution in [3.63, 3.8) is 0 Å². The van der Waals surface area contributed by atoms with Crippen molar-refractivity contribution >= 4 is 0 Å². The van der Waals surface area contributed by atoms with Gasteiger partial charge in [0.2, 0.25) is 0 Å². The third-order valence-corrected chi connectivity index (χ3v) is 2.03. The van der Waals surface area contributed by atoms with Gasteiger partial charge in [0.25, 0.3) is 0 Å². The highest BCUT2D eigenvalue weighted by Crippen LogP contribution is 2.19. The van der Waals surface area contributed by atoms with Crippen molar-refractivity contribution in [3.8, 4) is 5.75 Å². The van der Waals surface area contributed by atoms with E-state index in [1.807, 2.05) is 33.0 Å². The van der Waals surface area contributed by atoms with E-state index in [4.69, 9.17) is 0 Å². The van der Waals surface area contributed by atoms with Gasteiger partial charge in [-0.1, -0.05) is 32.9 Å². The minimum absolute atomic E-state index is 0.334. The minimum atomic E-state index is 0.334. The Labute approximate surface area is 87.0 Å². The first kappa shape index (κ1) is 13.0. The van der Waals surface area contributed by atoms with Crippen molar-refractivity contribution in [2.24, 2.45) is 0 Å². The highest BCUT2D eigenvalue weighted by atomic mass is 16.3. The molecule has 0 aliphatic heterocycles. The Morgan fingerprint density at radius 3 is 2.43 bits per heavy atom. The molecular formula is C12H21NO. The molecule has 1 aromatic rings. The van der Waals surface area contributed by atoms with Crippen LogP contribution in [0.3, 0.4) is 0 Å². The van der Waals surface area contributed by atoms with Crippen molar-refractivity contribution in [2.75, 3.05) is 7.05 Å². The van der Waals surface area contributed by atoms with Crippen LogP contribution in [0.5, 0.6) is 5.75 Å². The largest absolute Gasteiger partial charge is 0.508 e. The van der Waals surface area contributed by atoms with Gasteiger partial charge in [-0.15, -0.1) is 0 Å². The third-order valence-electron chi connectivity index (χ3n) is 2.03. The molecule has 0 amide bonds. The van der Waals surface area contributed by atoms with E-state index in [1.165, 1.54) is 0 Å². The third kappa shape index (κ3) is 3.79. The van der Waals surface area contributed by atoms with E-state index in [0.29, 0.717) is 11.8 Å². The van der Waals surface area contributed by atoms with E-state index >= 15 is 0 Å². The summed E-state index contributed by atoms with van der Waals surface area (Å²) in [5, 5.41) is 12.4. The molecule has 1 aromatic carbocycles. The minimum Gasteiger partial charge on any atom is -0.508 e. The number of hydrogen-bond acceptors (Lipinski definition) is 2. The molecule has 14 heavy (non-hydrogen) atoms. The number of rotatable bonds is 3. The summed E-state index contributed by atoms with van der Waals surface area (Å²) in [5.41, 5.74) is 1.14. The quantitative estimate of drug-likeness (QED) is 0.776. The summed E-state index contributed by atoms with van der Waals surface area (Å²) in [7, 11) is 1.93. The molecule has 0 aromatic heterocycles. The van der Waals surface area contributed by atoms with Crippen LogP contribution < -0.4 is 5.32 Å². The van der Waals surface area contributed by atoms with E-state index in [-0.39, 0.29) is 0 Å². The molecule has 0 saturated carbocycles. The lowest BCUT2D eigenvalue weighted by molar-refractivity contribution is 0.472. The van der Waals surface area contributed by atoms with Crippen LogP contribution in [0.25, 0.3) is 0 Å². The highest BCUT2D eigenvalue weighted by Gasteiger charge is 2.05. The fourth-order valence-electron chi connectivity index (χ4n) is 1.35. The number of benzene rings is 1. The van der Waals surface area contributed by atoms with Gasteiger partial charge in [0.1, 0.15) is 5.75 Å². The first-order valence-electron chi connectivity index (χ1n) is 5.24. The van der Waals surface area contributed by atoms with Crippen LogP contribution in [0.2, 0.25) is 0 Å². The smallest absolute Gasteiger partial charge is 0.115 e. The maximum absolute atomic E-state index is 9.23. The Kier molecular flexibility index (Phi) is 6.85. The summed E-state index contributed by atoms with van der Waals surface area (Å²) in [4.78, 5) is 0. The maximum atomic E-state index is 9.23. The molecule has 1 atom stereocenters. The van der Waals surface area contributed by atoms with E-state index in [0.717, 1.165) is 12.0 Å². The Morgan fingerprint density at radius 2 is 2.00 bits per heavy atom. The zero-order valence-electron chi connectivity index (χ0n) is 9.54. The lowest BCUT2D eigenvalue weighted by Crippen LogP contribution is -2.14. The van der Waals surface area contributed by atoms with Crippen LogP contribution in [0.1, 0.15) is 38.8 Å². The maximum Gasteiger partial charge on any atom is 0.115 e. The SMILES string of the molecule is CC.CCC(NC)c1cccc(O)c1. The number of phenols is 1. The Hall–Kier alpha value is -1.02. The summed E-state index contributed by atoms with van der Waals surface area (Å²) >= 11 is 0. The van der Waals surface area contributed by atoms with Gasteiger partial charge in [-0.05, 0) is 31.2 Å². The Balaban J connectivity index is 0.000000791. The zero-order chi connectivity index (χ0) is 11.0. The topological polar surface area (TPSA) is 32.3 Å². The second-order valence-electron chi connectivity index (χ2n) is 2.84. The van der Waals surface area contributed by atoms with Crippen LogP contribution in [0.4, 0.5) is 0 Å². The molecule has 2 heteroatoms. The van der Waals surface area contributed by atoms with Gasteiger partial charge in [0.05, 0.1) is 0 Å². The van der Waals surface area contributed by atoms with Crippen molar-refractivity contribution in [2.45, 2.75) is 33.2 Å². The van der Waals surface area contributed by atoms with Crippen LogP contribution >= 0.6 is 0 Å². The van der Waals surface area contributed by atoms with E-state index in [2.05, 4.69) is 12.2 Å². The van der Waals surface area contributed by atoms with Gasteiger partial charge in [0.15, 0.2) is 0 Å². The molecule has 2 nitrogen and oxygen atoms in total. The normalized spacial score (nSPS) is 11.4. The van der Waals surface area contributed by atoms with Crippen LogP contribution in [-0.4, -0.2) is 12.2 Å². The van der Waals surface area contributed by atoms with Gasteiger partial charge in [-0.3, -0.25) is 0 Å². The Bertz CT molecular complexity index is 244. The number of hydrogen-bond donors (Lipinski definition) is 2.